The molecule has 2 aromatic heterocycles. The van der Waals surface area contributed by atoms with E-state index in [0.717, 1.165) is 16.5 Å². The SMILES string of the molecule is N#Cc1c[nH]c2ncc(-c3ccc(OCC(N)=O)cc3)cc12. The van der Waals surface area contributed by atoms with E-state index in [0.29, 0.717) is 17.0 Å². The third-order valence-electron chi connectivity index (χ3n) is 3.22. The molecule has 0 saturated carbocycles. The number of ether oxygens (including phenoxy) is 1. The first-order chi connectivity index (χ1) is 10.7. The molecule has 0 saturated heterocycles. The smallest absolute Gasteiger partial charge is 0.255 e. The number of carbonyl (C=O) groups excluding carboxylic acids is 1. The summed E-state index contributed by atoms with van der Waals surface area (Å²) in [6, 6.07) is 11.3. The molecule has 3 rings (SSSR count). The zero-order valence-corrected chi connectivity index (χ0v) is 11.5. The van der Waals surface area contributed by atoms with Crippen molar-refractivity contribution in [2.45, 2.75) is 0 Å². The Morgan fingerprint density at radius 1 is 1.32 bits per heavy atom. The van der Waals surface area contributed by atoms with Crippen LogP contribution < -0.4 is 10.5 Å². The van der Waals surface area contributed by atoms with Crippen LogP contribution in [-0.2, 0) is 4.79 Å². The highest BCUT2D eigenvalue weighted by atomic mass is 16.5. The minimum Gasteiger partial charge on any atom is -0.484 e. The molecule has 0 spiro atoms. The number of aromatic amines is 1. The van der Waals surface area contributed by atoms with Crippen LogP contribution in [0.15, 0.2) is 42.7 Å². The number of nitrogens with one attached hydrogen (secondary N) is 1. The Balaban J connectivity index is 1.90. The van der Waals surface area contributed by atoms with Crippen LogP contribution in [0.3, 0.4) is 0 Å². The largest absolute Gasteiger partial charge is 0.484 e. The van der Waals surface area contributed by atoms with Gasteiger partial charge in [0.2, 0.25) is 0 Å². The quantitative estimate of drug-likeness (QED) is 0.766. The van der Waals surface area contributed by atoms with E-state index >= 15 is 0 Å². The molecule has 108 valence electrons. The Labute approximate surface area is 126 Å². The molecule has 2 heterocycles. The van der Waals surface area contributed by atoms with Crippen LogP contribution in [0, 0.1) is 11.3 Å². The average Bonchev–Trinajstić information content (AvgIpc) is 2.95. The predicted molar refractivity (Wildman–Crippen MR) is 80.9 cm³/mol. The topological polar surface area (TPSA) is 105 Å². The second kappa shape index (κ2) is 5.58. The predicted octanol–water partition coefficient (Wildman–Crippen LogP) is 1.97. The van der Waals surface area contributed by atoms with Crippen LogP contribution in [0.1, 0.15) is 5.56 Å². The lowest BCUT2D eigenvalue weighted by atomic mass is 10.1. The van der Waals surface area contributed by atoms with Gasteiger partial charge < -0.3 is 15.5 Å². The van der Waals surface area contributed by atoms with Crippen LogP contribution in [0.2, 0.25) is 0 Å². The second-order valence-electron chi connectivity index (χ2n) is 4.71. The van der Waals surface area contributed by atoms with E-state index in [4.69, 9.17) is 15.7 Å². The summed E-state index contributed by atoms with van der Waals surface area (Å²) in [6.45, 7) is -0.151. The minimum absolute atomic E-state index is 0.151. The lowest BCUT2D eigenvalue weighted by Crippen LogP contribution is -2.19. The molecule has 22 heavy (non-hydrogen) atoms. The summed E-state index contributed by atoms with van der Waals surface area (Å²) < 4.78 is 5.21. The summed E-state index contributed by atoms with van der Waals surface area (Å²) in [4.78, 5) is 17.9. The number of benzene rings is 1. The normalized spacial score (nSPS) is 10.3. The maximum absolute atomic E-state index is 10.7. The molecule has 3 N–H and O–H groups in total. The van der Waals surface area contributed by atoms with Crippen molar-refractivity contribution in [1.29, 1.82) is 5.26 Å². The summed E-state index contributed by atoms with van der Waals surface area (Å²) in [5.74, 6) is 0.0474. The molecule has 6 heteroatoms. The first-order valence-corrected chi connectivity index (χ1v) is 6.56. The molecule has 0 unspecified atom stereocenters. The van der Waals surface area contributed by atoms with E-state index in [9.17, 15) is 4.79 Å². The third kappa shape index (κ3) is 2.60. The van der Waals surface area contributed by atoms with Gasteiger partial charge in [-0.25, -0.2) is 4.98 Å². The molecule has 6 nitrogen and oxygen atoms in total. The van der Waals surface area contributed by atoms with Gasteiger partial charge in [0, 0.05) is 23.3 Å². The third-order valence-corrected chi connectivity index (χ3v) is 3.22. The van der Waals surface area contributed by atoms with Crippen LogP contribution in [-0.4, -0.2) is 22.5 Å². The van der Waals surface area contributed by atoms with E-state index < -0.39 is 5.91 Å². The molecule has 0 radical (unpaired) electrons. The molecule has 1 amide bonds. The van der Waals surface area contributed by atoms with Gasteiger partial charge in [-0.3, -0.25) is 4.79 Å². The number of aromatic nitrogens is 2. The molecule has 0 aliphatic rings. The molecule has 0 fully saturated rings. The molecule has 0 aliphatic heterocycles. The fourth-order valence-electron chi connectivity index (χ4n) is 2.15. The van der Waals surface area contributed by atoms with E-state index in [1.807, 2.05) is 18.2 Å². The number of primary amides is 1. The van der Waals surface area contributed by atoms with Crippen molar-refractivity contribution >= 4 is 16.9 Å². The highest BCUT2D eigenvalue weighted by Gasteiger charge is 2.07. The Hall–Kier alpha value is -3.33. The monoisotopic (exact) mass is 292 g/mol. The summed E-state index contributed by atoms with van der Waals surface area (Å²) >= 11 is 0. The molecule has 0 aliphatic carbocycles. The van der Waals surface area contributed by atoms with Crippen molar-refractivity contribution < 1.29 is 9.53 Å². The number of fused-ring (bicyclic) bond motifs is 1. The van der Waals surface area contributed by atoms with Gasteiger partial charge >= 0.3 is 0 Å². The number of hydrogen-bond acceptors (Lipinski definition) is 4. The van der Waals surface area contributed by atoms with E-state index in [1.54, 1.807) is 24.5 Å². The van der Waals surface area contributed by atoms with Crippen LogP contribution in [0.4, 0.5) is 0 Å². The number of rotatable bonds is 4. The van der Waals surface area contributed by atoms with Gasteiger partial charge in [0.05, 0.1) is 5.56 Å². The summed E-state index contributed by atoms with van der Waals surface area (Å²) in [5.41, 5.74) is 8.10. The number of nitrogens with zero attached hydrogens (tertiary/aromatic N) is 2. The first kappa shape index (κ1) is 13.6. The van der Waals surface area contributed by atoms with Gasteiger partial charge in [-0.15, -0.1) is 0 Å². The maximum Gasteiger partial charge on any atom is 0.255 e. The van der Waals surface area contributed by atoms with Crippen molar-refractivity contribution in [3.05, 3.63) is 48.3 Å². The number of amides is 1. The lowest BCUT2D eigenvalue weighted by Gasteiger charge is -2.05. The summed E-state index contributed by atoms with van der Waals surface area (Å²) in [5, 5.41) is 9.86. The number of hydrogen-bond donors (Lipinski definition) is 2. The summed E-state index contributed by atoms with van der Waals surface area (Å²) in [6.07, 6.45) is 3.38. The van der Waals surface area contributed by atoms with Crippen molar-refractivity contribution in [3.63, 3.8) is 0 Å². The Morgan fingerprint density at radius 3 is 2.77 bits per heavy atom. The van der Waals surface area contributed by atoms with Gasteiger partial charge in [0.15, 0.2) is 6.61 Å². The number of nitrogens with two attached hydrogens (primary N) is 1. The van der Waals surface area contributed by atoms with Gasteiger partial charge in [-0.05, 0) is 23.8 Å². The highest BCUT2D eigenvalue weighted by molar-refractivity contribution is 5.86. The number of pyridine rings is 1. The lowest BCUT2D eigenvalue weighted by molar-refractivity contribution is -0.119. The number of carbonyl (C=O) groups is 1. The minimum atomic E-state index is -0.518. The Kier molecular flexibility index (Phi) is 3.46. The van der Waals surface area contributed by atoms with Crippen molar-refractivity contribution in [1.82, 2.24) is 9.97 Å². The zero-order valence-electron chi connectivity index (χ0n) is 11.5. The standard InChI is InChI=1S/C16H12N4O2/c17-6-12-8-20-16-14(12)5-11(7-19-16)10-1-3-13(4-2-10)22-9-15(18)21/h1-5,7-8H,9H2,(H2,18,21)(H,19,20). The number of nitriles is 1. The van der Waals surface area contributed by atoms with Crippen molar-refractivity contribution in [3.8, 4) is 22.9 Å². The molecule has 0 bridgehead atoms. The van der Waals surface area contributed by atoms with E-state index in [-0.39, 0.29) is 6.61 Å². The van der Waals surface area contributed by atoms with Crippen molar-refractivity contribution in [2.24, 2.45) is 5.73 Å². The van der Waals surface area contributed by atoms with Crippen LogP contribution in [0.25, 0.3) is 22.2 Å². The molecular formula is C16H12N4O2. The number of H-pyrrole nitrogens is 1. The maximum atomic E-state index is 10.7. The van der Waals surface area contributed by atoms with Crippen LogP contribution in [0.5, 0.6) is 5.75 Å². The zero-order chi connectivity index (χ0) is 15.5. The molecule has 3 aromatic rings. The molecular weight excluding hydrogens is 280 g/mol. The van der Waals surface area contributed by atoms with E-state index in [1.165, 1.54) is 0 Å². The van der Waals surface area contributed by atoms with Crippen molar-refractivity contribution in [2.75, 3.05) is 6.61 Å². The van der Waals surface area contributed by atoms with Gasteiger partial charge in [0.1, 0.15) is 17.5 Å². The van der Waals surface area contributed by atoms with Crippen LogP contribution >= 0.6 is 0 Å². The second-order valence-corrected chi connectivity index (χ2v) is 4.71. The first-order valence-electron chi connectivity index (χ1n) is 6.56. The summed E-state index contributed by atoms with van der Waals surface area (Å²) in [7, 11) is 0. The van der Waals surface area contributed by atoms with Gasteiger partial charge in [-0.2, -0.15) is 5.26 Å². The van der Waals surface area contributed by atoms with Gasteiger partial charge in [0.25, 0.3) is 5.91 Å². The highest BCUT2D eigenvalue weighted by Crippen LogP contribution is 2.26. The molecule has 1 aromatic carbocycles. The van der Waals surface area contributed by atoms with E-state index in [2.05, 4.69) is 16.0 Å². The fourth-order valence-corrected chi connectivity index (χ4v) is 2.15. The Bertz CT molecular complexity index is 875. The molecule has 0 atom stereocenters. The fraction of sp³-hybridized carbons (Fsp3) is 0.0625. The van der Waals surface area contributed by atoms with Gasteiger partial charge in [-0.1, -0.05) is 12.1 Å². The average molecular weight is 292 g/mol. The Morgan fingerprint density at radius 2 is 2.09 bits per heavy atom.